The summed E-state index contributed by atoms with van der Waals surface area (Å²) < 4.78 is 10.2. The number of hydrogen-bond acceptors (Lipinski definition) is 4. The van der Waals surface area contributed by atoms with Crippen LogP contribution in [0.3, 0.4) is 0 Å². The number of nitrogens with one attached hydrogen (secondary N) is 2. The van der Waals surface area contributed by atoms with Gasteiger partial charge >= 0.3 is 12.2 Å². The summed E-state index contributed by atoms with van der Waals surface area (Å²) in [5.41, 5.74) is -0.497. The first-order chi connectivity index (χ1) is 7.83. The normalized spacial score (nSPS) is 31.5. The van der Waals surface area contributed by atoms with Crippen molar-refractivity contribution in [2.75, 3.05) is 0 Å². The van der Waals surface area contributed by atoms with E-state index in [4.69, 9.17) is 9.47 Å². The van der Waals surface area contributed by atoms with Gasteiger partial charge in [-0.05, 0) is 27.2 Å². The smallest absolute Gasteiger partial charge is 0.407 e. The molecule has 0 unspecified atom stereocenters. The van der Waals surface area contributed by atoms with Crippen LogP contribution in [-0.4, -0.2) is 36.0 Å². The van der Waals surface area contributed by atoms with Crippen molar-refractivity contribution in [3.8, 4) is 0 Å². The highest BCUT2D eigenvalue weighted by Crippen LogP contribution is 2.27. The molecule has 96 valence electrons. The van der Waals surface area contributed by atoms with Crippen molar-refractivity contribution in [1.29, 1.82) is 0 Å². The summed E-state index contributed by atoms with van der Waals surface area (Å²) in [7, 11) is 0. The number of carbonyl (C=O) groups excluding carboxylic acids is 2. The topological polar surface area (TPSA) is 76.7 Å². The number of rotatable bonds is 1. The van der Waals surface area contributed by atoms with E-state index in [-0.39, 0.29) is 24.3 Å². The summed E-state index contributed by atoms with van der Waals surface area (Å²) in [6, 6.07) is 0.0166. The van der Waals surface area contributed by atoms with Crippen LogP contribution in [0.25, 0.3) is 0 Å². The fourth-order valence-electron chi connectivity index (χ4n) is 2.20. The minimum atomic E-state index is -0.497. The van der Waals surface area contributed by atoms with Gasteiger partial charge in [-0.15, -0.1) is 0 Å². The van der Waals surface area contributed by atoms with Crippen molar-refractivity contribution in [3.63, 3.8) is 0 Å². The van der Waals surface area contributed by atoms with E-state index < -0.39 is 11.7 Å². The average molecular weight is 242 g/mol. The molecule has 0 aromatic rings. The summed E-state index contributed by atoms with van der Waals surface area (Å²) in [4.78, 5) is 22.5. The number of amides is 2. The van der Waals surface area contributed by atoms with Crippen molar-refractivity contribution < 1.29 is 19.1 Å². The number of alkyl carbamates (subject to hydrolysis) is 2. The first-order valence-corrected chi connectivity index (χ1v) is 5.80. The van der Waals surface area contributed by atoms with Gasteiger partial charge in [0, 0.05) is 12.5 Å². The number of hydrogen-bond donors (Lipinski definition) is 2. The van der Waals surface area contributed by atoms with Crippen LogP contribution in [-0.2, 0) is 9.47 Å². The molecule has 2 fully saturated rings. The predicted octanol–water partition coefficient (Wildman–Crippen LogP) is 1.15. The van der Waals surface area contributed by atoms with Crippen molar-refractivity contribution in [1.82, 2.24) is 10.6 Å². The molecule has 3 atom stereocenters. The molecule has 2 rings (SSSR count). The molecule has 0 aromatic carbocycles. The molecule has 0 radical (unpaired) electrons. The number of carbonyl (C=O) groups is 2. The Hall–Kier alpha value is -1.46. The predicted molar refractivity (Wildman–Crippen MR) is 59.6 cm³/mol. The second-order valence-electron chi connectivity index (χ2n) is 5.51. The molecule has 2 aliphatic rings. The van der Waals surface area contributed by atoms with Gasteiger partial charge in [0.1, 0.15) is 11.7 Å². The second kappa shape index (κ2) is 4.09. The van der Waals surface area contributed by atoms with Gasteiger partial charge in [-0.3, -0.25) is 0 Å². The lowest BCUT2D eigenvalue weighted by Gasteiger charge is -2.21. The van der Waals surface area contributed by atoms with Crippen LogP contribution >= 0.6 is 0 Å². The van der Waals surface area contributed by atoms with E-state index in [1.807, 2.05) is 20.8 Å². The fourth-order valence-corrected chi connectivity index (χ4v) is 2.20. The highest BCUT2D eigenvalue weighted by Gasteiger charge is 2.43. The summed E-state index contributed by atoms with van der Waals surface area (Å²) >= 11 is 0. The quantitative estimate of drug-likeness (QED) is 0.723. The van der Waals surface area contributed by atoms with Crippen LogP contribution in [0.1, 0.15) is 33.6 Å². The molecule has 1 aliphatic heterocycles. The van der Waals surface area contributed by atoms with Gasteiger partial charge < -0.3 is 20.1 Å². The maximum absolute atomic E-state index is 11.5. The van der Waals surface area contributed by atoms with E-state index in [0.29, 0.717) is 12.8 Å². The van der Waals surface area contributed by atoms with E-state index in [2.05, 4.69) is 10.6 Å². The van der Waals surface area contributed by atoms with Crippen molar-refractivity contribution in [3.05, 3.63) is 0 Å². The lowest BCUT2D eigenvalue weighted by atomic mass is 10.2. The van der Waals surface area contributed by atoms with E-state index in [9.17, 15) is 9.59 Å². The molecule has 6 heteroatoms. The third kappa shape index (κ3) is 3.01. The highest BCUT2D eigenvalue weighted by atomic mass is 16.6. The van der Waals surface area contributed by atoms with E-state index in [1.54, 1.807) is 0 Å². The fraction of sp³-hybridized carbons (Fsp3) is 0.818. The zero-order valence-electron chi connectivity index (χ0n) is 10.3. The Balaban J connectivity index is 1.79. The monoisotopic (exact) mass is 242 g/mol. The van der Waals surface area contributed by atoms with Gasteiger partial charge in [0.15, 0.2) is 0 Å². The minimum Gasteiger partial charge on any atom is -0.444 e. The van der Waals surface area contributed by atoms with Crippen LogP contribution in [0.4, 0.5) is 9.59 Å². The van der Waals surface area contributed by atoms with E-state index in [0.717, 1.165) is 0 Å². The Morgan fingerprint density at radius 1 is 1.47 bits per heavy atom. The van der Waals surface area contributed by atoms with Gasteiger partial charge in [-0.25, -0.2) is 9.59 Å². The highest BCUT2D eigenvalue weighted by molar-refractivity contribution is 5.71. The van der Waals surface area contributed by atoms with Gasteiger partial charge in [0.05, 0.1) is 6.04 Å². The standard InChI is InChI=1S/C11H18N2O4/c1-11(2,3)17-10(15)12-6-4-7-8(5-6)16-9(14)13-7/h6-8H,4-5H2,1-3H3,(H,12,15)(H,13,14)/t6-,7+,8-/m1/s1. The van der Waals surface area contributed by atoms with Crippen LogP contribution in [0.2, 0.25) is 0 Å². The third-order valence-electron chi connectivity index (χ3n) is 2.79. The Bertz CT molecular complexity index is 321. The molecule has 0 bridgehead atoms. The molecule has 6 nitrogen and oxygen atoms in total. The summed E-state index contributed by atoms with van der Waals surface area (Å²) in [5, 5.41) is 5.50. The lowest BCUT2D eigenvalue weighted by molar-refractivity contribution is 0.0501. The SMILES string of the molecule is CC(C)(C)OC(=O)N[C@@H]1C[C@@H]2NC(=O)O[C@@H]2C1. The lowest BCUT2D eigenvalue weighted by Crippen LogP contribution is -2.39. The number of fused-ring (bicyclic) bond motifs is 1. The van der Waals surface area contributed by atoms with Crippen molar-refractivity contribution in [2.45, 2.75) is 57.4 Å². The van der Waals surface area contributed by atoms with Gasteiger partial charge in [-0.1, -0.05) is 0 Å². The number of ether oxygens (including phenoxy) is 2. The molecule has 1 saturated heterocycles. The zero-order valence-corrected chi connectivity index (χ0v) is 10.3. The van der Waals surface area contributed by atoms with Crippen LogP contribution < -0.4 is 10.6 Å². The Kier molecular flexibility index (Phi) is 2.89. The molecular weight excluding hydrogens is 224 g/mol. The van der Waals surface area contributed by atoms with E-state index in [1.165, 1.54) is 0 Å². The molecule has 0 spiro atoms. The first kappa shape index (κ1) is 12.0. The minimum absolute atomic E-state index is 0.000417. The molecule has 1 saturated carbocycles. The molecular formula is C11H18N2O4. The Labute approximate surface area is 100 Å². The zero-order chi connectivity index (χ0) is 12.6. The van der Waals surface area contributed by atoms with E-state index >= 15 is 0 Å². The van der Waals surface area contributed by atoms with Gasteiger partial charge in [0.25, 0.3) is 0 Å². The van der Waals surface area contributed by atoms with Gasteiger partial charge in [0.2, 0.25) is 0 Å². The molecule has 0 aromatic heterocycles. The van der Waals surface area contributed by atoms with Crippen LogP contribution in [0.5, 0.6) is 0 Å². The first-order valence-electron chi connectivity index (χ1n) is 5.80. The van der Waals surface area contributed by atoms with Crippen molar-refractivity contribution >= 4 is 12.2 Å². The molecule has 2 N–H and O–H groups in total. The largest absolute Gasteiger partial charge is 0.444 e. The molecule has 2 amide bonds. The maximum Gasteiger partial charge on any atom is 0.407 e. The van der Waals surface area contributed by atoms with Crippen LogP contribution in [0.15, 0.2) is 0 Å². The molecule has 1 aliphatic carbocycles. The Morgan fingerprint density at radius 2 is 2.18 bits per heavy atom. The Morgan fingerprint density at radius 3 is 2.76 bits per heavy atom. The van der Waals surface area contributed by atoms with Crippen molar-refractivity contribution in [2.24, 2.45) is 0 Å². The maximum atomic E-state index is 11.5. The molecule has 17 heavy (non-hydrogen) atoms. The van der Waals surface area contributed by atoms with Crippen LogP contribution in [0, 0.1) is 0 Å². The third-order valence-corrected chi connectivity index (χ3v) is 2.79. The molecule has 1 heterocycles. The second-order valence-corrected chi connectivity index (χ2v) is 5.51. The summed E-state index contributed by atoms with van der Waals surface area (Å²) in [6.45, 7) is 5.46. The summed E-state index contributed by atoms with van der Waals surface area (Å²) in [6.07, 6.45) is 0.421. The average Bonchev–Trinajstić information content (AvgIpc) is 2.56. The summed E-state index contributed by atoms with van der Waals surface area (Å²) in [5.74, 6) is 0. The van der Waals surface area contributed by atoms with Gasteiger partial charge in [-0.2, -0.15) is 0 Å².